The molecule has 0 N–H and O–H groups in total. The van der Waals surface area contributed by atoms with Gasteiger partial charge in [0.15, 0.2) is 0 Å². The Balaban J connectivity index is 3.01. The Bertz CT molecular complexity index is 505. The van der Waals surface area contributed by atoms with Crippen molar-refractivity contribution in [1.29, 1.82) is 0 Å². The van der Waals surface area contributed by atoms with Crippen LogP contribution in [0.3, 0.4) is 0 Å². The highest BCUT2D eigenvalue weighted by Crippen LogP contribution is 2.32. The predicted molar refractivity (Wildman–Crippen MR) is 111 cm³/mol. The standard InChI is InChI=1S/C20H34N2O3S/c1-6-10-17(21-24-8-3)20-18(22-25-11-7-2)13-16(14-19(20)23)12-15(5)26-9-4/h7,15-16,20H,2,6,8-14H2,1,3-5H3/b21-17+,22-18+. The molecular formula is C20H34N2O3S. The number of carbonyl (C=O) groups is 1. The second kappa shape index (κ2) is 13.0. The quantitative estimate of drug-likeness (QED) is 0.209. The minimum Gasteiger partial charge on any atom is -0.396 e. The summed E-state index contributed by atoms with van der Waals surface area (Å²) in [7, 11) is 0. The molecule has 3 unspecified atom stereocenters. The molecule has 6 heteroatoms. The van der Waals surface area contributed by atoms with E-state index in [2.05, 4.69) is 37.7 Å². The first-order valence-corrected chi connectivity index (χ1v) is 10.7. The largest absolute Gasteiger partial charge is 0.396 e. The summed E-state index contributed by atoms with van der Waals surface area (Å²) in [5.41, 5.74) is 1.56. The highest BCUT2D eigenvalue weighted by atomic mass is 32.2. The van der Waals surface area contributed by atoms with E-state index in [9.17, 15) is 4.79 Å². The van der Waals surface area contributed by atoms with E-state index in [-0.39, 0.29) is 5.78 Å². The summed E-state index contributed by atoms with van der Waals surface area (Å²) in [5.74, 6) is 1.18. The van der Waals surface area contributed by atoms with Gasteiger partial charge in [-0.15, -0.1) is 0 Å². The molecule has 0 aliphatic heterocycles. The van der Waals surface area contributed by atoms with Gasteiger partial charge < -0.3 is 9.68 Å². The zero-order valence-corrected chi connectivity index (χ0v) is 17.5. The molecule has 0 radical (unpaired) electrons. The number of oxime groups is 2. The van der Waals surface area contributed by atoms with Gasteiger partial charge in [0.25, 0.3) is 0 Å². The van der Waals surface area contributed by atoms with E-state index in [0.717, 1.165) is 42.9 Å². The Morgan fingerprint density at radius 2 is 2.12 bits per heavy atom. The summed E-state index contributed by atoms with van der Waals surface area (Å²) in [6, 6.07) is 0. The van der Waals surface area contributed by atoms with Gasteiger partial charge in [0.05, 0.1) is 11.4 Å². The van der Waals surface area contributed by atoms with Gasteiger partial charge in [0, 0.05) is 11.7 Å². The molecule has 148 valence electrons. The van der Waals surface area contributed by atoms with Crippen LogP contribution in [0.2, 0.25) is 0 Å². The molecule has 5 nitrogen and oxygen atoms in total. The summed E-state index contributed by atoms with van der Waals surface area (Å²) < 4.78 is 0. The van der Waals surface area contributed by atoms with E-state index in [1.807, 2.05) is 18.7 Å². The third-order valence-corrected chi connectivity index (χ3v) is 5.38. The number of hydrogen-bond acceptors (Lipinski definition) is 6. The van der Waals surface area contributed by atoms with Crippen molar-refractivity contribution in [2.45, 2.75) is 65.0 Å². The van der Waals surface area contributed by atoms with Crippen LogP contribution in [0, 0.1) is 11.8 Å². The lowest BCUT2D eigenvalue weighted by molar-refractivity contribution is -0.121. The number of rotatable bonds is 12. The molecule has 1 aliphatic carbocycles. The van der Waals surface area contributed by atoms with Crippen LogP contribution >= 0.6 is 11.8 Å². The van der Waals surface area contributed by atoms with Crippen molar-refractivity contribution in [1.82, 2.24) is 0 Å². The third kappa shape index (κ3) is 7.52. The molecular weight excluding hydrogens is 348 g/mol. The molecule has 3 atom stereocenters. The van der Waals surface area contributed by atoms with E-state index in [4.69, 9.17) is 9.68 Å². The molecule has 0 bridgehead atoms. The van der Waals surface area contributed by atoms with Crippen LogP contribution in [-0.2, 0) is 14.5 Å². The van der Waals surface area contributed by atoms with Gasteiger partial charge in [-0.05, 0) is 37.9 Å². The minimum atomic E-state index is -0.406. The fourth-order valence-corrected chi connectivity index (χ4v) is 4.33. The number of Topliss-reactive ketones (excluding diaryl/α,β-unsaturated/α-hetero) is 1. The van der Waals surface area contributed by atoms with Crippen molar-refractivity contribution in [3.63, 3.8) is 0 Å². The zero-order chi connectivity index (χ0) is 19.4. The van der Waals surface area contributed by atoms with Crippen molar-refractivity contribution in [2.24, 2.45) is 22.1 Å². The lowest BCUT2D eigenvalue weighted by atomic mass is 9.75. The average Bonchev–Trinajstić information content (AvgIpc) is 2.59. The van der Waals surface area contributed by atoms with Crippen LogP contribution < -0.4 is 0 Å². The zero-order valence-electron chi connectivity index (χ0n) is 16.7. The van der Waals surface area contributed by atoms with Gasteiger partial charge in [-0.2, -0.15) is 11.8 Å². The van der Waals surface area contributed by atoms with Gasteiger partial charge in [-0.3, -0.25) is 4.79 Å². The van der Waals surface area contributed by atoms with Crippen molar-refractivity contribution < 1.29 is 14.5 Å². The van der Waals surface area contributed by atoms with E-state index >= 15 is 0 Å². The van der Waals surface area contributed by atoms with E-state index in [1.54, 1.807) is 6.08 Å². The van der Waals surface area contributed by atoms with Crippen LogP contribution in [0.5, 0.6) is 0 Å². The van der Waals surface area contributed by atoms with Crippen LogP contribution in [0.15, 0.2) is 23.0 Å². The van der Waals surface area contributed by atoms with Gasteiger partial charge in [-0.1, -0.05) is 50.2 Å². The first-order chi connectivity index (χ1) is 12.6. The van der Waals surface area contributed by atoms with Gasteiger partial charge in [-0.25, -0.2) is 0 Å². The second-order valence-corrected chi connectivity index (χ2v) is 8.31. The number of hydrogen-bond donors (Lipinski definition) is 0. The normalized spacial score (nSPS) is 23.8. The fourth-order valence-electron chi connectivity index (χ4n) is 3.35. The van der Waals surface area contributed by atoms with Crippen LogP contribution in [0.1, 0.15) is 59.8 Å². The van der Waals surface area contributed by atoms with Crippen molar-refractivity contribution in [3.8, 4) is 0 Å². The molecule has 1 fully saturated rings. The Morgan fingerprint density at radius 1 is 1.35 bits per heavy atom. The van der Waals surface area contributed by atoms with Crippen LogP contribution in [0.25, 0.3) is 0 Å². The average molecular weight is 383 g/mol. The highest BCUT2D eigenvalue weighted by Gasteiger charge is 2.38. The molecule has 0 aromatic carbocycles. The van der Waals surface area contributed by atoms with Gasteiger partial charge in [0.1, 0.15) is 24.9 Å². The maximum Gasteiger partial charge on any atom is 0.147 e. The lowest BCUT2D eigenvalue weighted by Gasteiger charge is -2.30. The van der Waals surface area contributed by atoms with Crippen molar-refractivity contribution >= 4 is 29.0 Å². The Kier molecular flexibility index (Phi) is 11.3. The topological polar surface area (TPSA) is 60.2 Å². The minimum absolute atomic E-state index is 0.183. The molecule has 0 aromatic rings. The summed E-state index contributed by atoms with van der Waals surface area (Å²) in [6.07, 6.45) is 5.66. The summed E-state index contributed by atoms with van der Waals surface area (Å²) >= 11 is 1.94. The molecule has 1 aliphatic rings. The summed E-state index contributed by atoms with van der Waals surface area (Å²) in [5, 5.41) is 9.07. The van der Waals surface area contributed by atoms with Crippen molar-refractivity contribution in [3.05, 3.63) is 12.7 Å². The molecule has 0 spiro atoms. The number of nitrogens with zero attached hydrogens (tertiary/aromatic N) is 2. The van der Waals surface area contributed by atoms with Crippen LogP contribution in [-0.4, -0.2) is 41.4 Å². The Hall–Kier alpha value is -1.30. The number of ketones is 1. The molecule has 1 rings (SSSR count). The predicted octanol–water partition coefficient (Wildman–Crippen LogP) is 4.86. The fraction of sp³-hybridized carbons (Fsp3) is 0.750. The maximum absolute atomic E-state index is 13.0. The molecule has 0 amide bonds. The van der Waals surface area contributed by atoms with Crippen molar-refractivity contribution in [2.75, 3.05) is 19.0 Å². The van der Waals surface area contributed by atoms with E-state index in [1.165, 1.54) is 0 Å². The molecule has 0 saturated heterocycles. The highest BCUT2D eigenvalue weighted by molar-refractivity contribution is 7.99. The molecule has 1 saturated carbocycles. The number of carbonyl (C=O) groups excluding carboxylic acids is 1. The SMILES string of the molecule is C=CCO/N=C1\CC(CC(C)SCC)CC(=O)C1/C(CCC)=N/OCC. The smallest absolute Gasteiger partial charge is 0.147 e. The monoisotopic (exact) mass is 382 g/mol. The molecule has 26 heavy (non-hydrogen) atoms. The second-order valence-electron chi connectivity index (χ2n) is 6.59. The maximum atomic E-state index is 13.0. The Morgan fingerprint density at radius 3 is 2.73 bits per heavy atom. The van der Waals surface area contributed by atoms with Gasteiger partial charge in [0.2, 0.25) is 0 Å². The first kappa shape index (κ1) is 22.7. The van der Waals surface area contributed by atoms with E-state index in [0.29, 0.717) is 30.8 Å². The number of thioether (sulfide) groups is 1. The van der Waals surface area contributed by atoms with E-state index < -0.39 is 5.92 Å². The Labute approximate surface area is 162 Å². The first-order valence-electron chi connectivity index (χ1n) is 9.69. The molecule has 0 aromatic heterocycles. The lowest BCUT2D eigenvalue weighted by Crippen LogP contribution is -2.39. The molecule has 0 heterocycles. The third-order valence-electron chi connectivity index (χ3n) is 4.28. The van der Waals surface area contributed by atoms with Gasteiger partial charge >= 0.3 is 0 Å². The summed E-state index contributed by atoms with van der Waals surface area (Å²) in [6.45, 7) is 12.8. The van der Waals surface area contributed by atoms with Crippen LogP contribution in [0.4, 0.5) is 0 Å². The summed E-state index contributed by atoms with van der Waals surface area (Å²) in [4.78, 5) is 23.6.